The Morgan fingerprint density at radius 1 is 0.824 bits per heavy atom. The van der Waals surface area contributed by atoms with Gasteiger partial charge >= 0.3 is 0 Å². The second-order valence-electron chi connectivity index (χ2n) is 8.20. The Labute approximate surface area is 198 Å². The highest BCUT2D eigenvalue weighted by molar-refractivity contribution is 7.89. The van der Waals surface area contributed by atoms with E-state index >= 15 is 0 Å². The van der Waals surface area contributed by atoms with Gasteiger partial charge < -0.3 is 9.47 Å². The van der Waals surface area contributed by atoms with Crippen LogP contribution in [0.5, 0.6) is 11.5 Å². The van der Waals surface area contributed by atoms with E-state index in [9.17, 15) is 13.2 Å². The summed E-state index contributed by atoms with van der Waals surface area (Å²) >= 11 is 0. The molecule has 1 aromatic heterocycles. The highest BCUT2D eigenvalue weighted by atomic mass is 32.2. The molecule has 10 heteroatoms. The average molecular weight is 483 g/mol. The minimum atomic E-state index is -3.63. The van der Waals surface area contributed by atoms with E-state index in [4.69, 9.17) is 9.47 Å². The van der Waals surface area contributed by atoms with Crippen LogP contribution in [0.1, 0.15) is 0 Å². The largest absolute Gasteiger partial charge is 0.486 e. The van der Waals surface area contributed by atoms with Crippen LogP contribution < -0.4 is 15.0 Å². The van der Waals surface area contributed by atoms with Crippen molar-refractivity contribution >= 4 is 10.0 Å². The van der Waals surface area contributed by atoms with Crippen molar-refractivity contribution < 1.29 is 17.9 Å². The van der Waals surface area contributed by atoms with Gasteiger partial charge in [-0.25, -0.2) is 13.1 Å². The lowest BCUT2D eigenvalue weighted by Crippen LogP contribution is -2.49. The first-order valence-electron chi connectivity index (χ1n) is 11.3. The number of aromatic nitrogens is 2. The molecular formula is C24H26N4O5S. The Morgan fingerprint density at radius 3 is 2.32 bits per heavy atom. The molecule has 1 fully saturated rings. The van der Waals surface area contributed by atoms with Gasteiger partial charge in [-0.2, -0.15) is 9.40 Å². The van der Waals surface area contributed by atoms with E-state index in [-0.39, 0.29) is 10.5 Å². The number of hydrogen-bond donors (Lipinski definition) is 0. The molecule has 2 aliphatic rings. The van der Waals surface area contributed by atoms with Crippen molar-refractivity contribution in [2.75, 3.05) is 45.9 Å². The predicted molar refractivity (Wildman–Crippen MR) is 127 cm³/mol. The number of benzene rings is 2. The number of piperazine rings is 1. The number of ether oxygens (including phenoxy) is 2. The van der Waals surface area contributed by atoms with Gasteiger partial charge in [0, 0.05) is 50.4 Å². The van der Waals surface area contributed by atoms with Gasteiger partial charge in [-0.15, -0.1) is 0 Å². The minimum absolute atomic E-state index is 0.153. The van der Waals surface area contributed by atoms with E-state index in [0.29, 0.717) is 64.0 Å². The van der Waals surface area contributed by atoms with E-state index in [1.165, 1.54) is 21.1 Å². The fourth-order valence-corrected chi connectivity index (χ4v) is 5.57. The second kappa shape index (κ2) is 9.57. The minimum Gasteiger partial charge on any atom is -0.486 e. The van der Waals surface area contributed by atoms with Crippen LogP contribution in [0.15, 0.2) is 70.4 Å². The Bertz CT molecular complexity index is 1320. The number of nitrogens with zero attached hydrogens (tertiary/aromatic N) is 4. The van der Waals surface area contributed by atoms with Crippen LogP contribution in [0.25, 0.3) is 11.3 Å². The van der Waals surface area contributed by atoms with Crippen molar-refractivity contribution in [3.05, 3.63) is 71.0 Å². The lowest BCUT2D eigenvalue weighted by atomic mass is 10.1. The summed E-state index contributed by atoms with van der Waals surface area (Å²) in [6.07, 6.45) is 0. The molecule has 0 saturated carbocycles. The Morgan fingerprint density at radius 2 is 1.56 bits per heavy atom. The van der Waals surface area contributed by atoms with Crippen molar-refractivity contribution in [2.24, 2.45) is 0 Å². The van der Waals surface area contributed by atoms with E-state index in [1.54, 1.807) is 18.2 Å². The number of sulfonamides is 1. The summed E-state index contributed by atoms with van der Waals surface area (Å²) in [7, 11) is -3.63. The van der Waals surface area contributed by atoms with Gasteiger partial charge in [0.05, 0.1) is 17.1 Å². The predicted octanol–water partition coefficient (Wildman–Crippen LogP) is 1.69. The molecule has 0 amide bonds. The maximum Gasteiger partial charge on any atom is 0.266 e. The van der Waals surface area contributed by atoms with Crippen LogP contribution in [0.2, 0.25) is 0 Å². The number of rotatable bonds is 6. The van der Waals surface area contributed by atoms with E-state index in [2.05, 4.69) is 10.00 Å². The molecule has 0 radical (unpaired) electrons. The molecule has 2 aliphatic heterocycles. The molecule has 34 heavy (non-hydrogen) atoms. The topological polar surface area (TPSA) is 94.0 Å². The molecular weight excluding hydrogens is 456 g/mol. The molecule has 9 nitrogen and oxygen atoms in total. The van der Waals surface area contributed by atoms with Crippen LogP contribution in [-0.2, 0) is 16.6 Å². The van der Waals surface area contributed by atoms with Crippen LogP contribution in [0, 0.1) is 0 Å². The van der Waals surface area contributed by atoms with Crippen molar-refractivity contribution in [1.29, 1.82) is 0 Å². The molecule has 3 aromatic rings. The standard InChI is InChI=1S/C24H26N4O5S/c29-24-9-7-21(19-4-2-1-3-5-19)25-28(24)15-12-26-10-13-27(14-11-26)34(30,31)20-6-8-22-23(18-20)33-17-16-32-22/h1-9,18H,10-17H2. The van der Waals surface area contributed by atoms with Gasteiger partial charge in [-0.1, -0.05) is 30.3 Å². The molecule has 178 valence electrons. The summed E-state index contributed by atoms with van der Waals surface area (Å²) < 4.78 is 40.3. The maximum atomic E-state index is 13.1. The van der Waals surface area contributed by atoms with E-state index in [0.717, 1.165) is 11.3 Å². The van der Waals surface area contributed by atoms with Crippen molar-refractivity contribution in [3.63, 3.8) is 0 Å². The van der Waals surface area contributed by atoms with E-state index in [1.807, 2.05) is 30.3 Å². The first-order valence-corrected chi connectivity index (χ1v) is 12.7. The molecule has 5 rings (SSSR count). The van der Waals surface area contributed by atoms with Crippen molar-refractivity contribution in [1.82, 2.24) is 19.0 Å². The maximum absolute atomic E-state index is 13.1. The van der Waals surface area contributed by atoms with Gasteiger partial charge in [0.1, 0.15) is 13.2 Å². The van der Waals surface area contributed by atoms with Gasteiger partial charge in [0.15, 0.2) is 11.5 Å². The monoisotopic (exact) mass is 482 g/mol. The Hall–Kier alpha value is -3.21. The fourth-order valence-electron chi connectivity index (χ4n) is 4.13. The number of fused-ring (bicyclic) bond motifs is 1. The van der Waals surface area contributed by atoms with Gasteiger partial charge in [-0.05, 0) is 18.2 Å². The molecule has 2 aromatic carbocycles. The van der Waals surface area contributed by atoms with E-state index < -0.39 is 10.0 Å². The van der Waals surface area contributed by atoms with Gasteiger partial charge in [0.2, 0.25) is 10.0 Å². The quantitative estimate of drug-likeness (QED) is 0.528. The molecule has 0 spiro atoms. The summed E-state index contributed by atoms with van der Waals surface area (Å²) in [6.45, 7) is 3.83. The number of hydrogen-bond acceptors (Lipinski definition) is 7. The molecule has 0 unspecified atom stereocenters. The summed E-state index contributed by atoms with van der Waals surface area (Å²) in [5.74, 6) is 1.02. The Kier molecular flexibility index (Phi) is 6.36. The zero-order valence-electron chi connectivity index (χ0n) is 18.7. The lowest BCUT2D eigenvalue weighted by molar-refractivity contribution is 0.170. The average Bonchev–Trinajstić information content (AvgIpc) is 2.88. The molecule has 1 saturated heterocycles. The third-order valence-corrected chi connectivity index (χ3v) is 7.94. The van der Waals surface area contributed by atoms with Crippen molar-refractivity contribution in [2.45, 2.75) is 11.4 Å². The third-order valence-electron chi connectivity index (χ3n) is 6.05. The summed E-state index contributed by atoms with van der Waals surface area (Å²) in [6, 6.07) is 17.7. The van der Waals surface area contributed by atoms with Crippen molar-refractivity contribution in [3.8, 4) is 22.8 Å². The summed E-state index contributed by atoms with van der Waals surface area (Å²) in [4.78, 5) is 14.7. The zero-order chi connectivity index (χ0) is 23.5. The zero-order valence-corrected chi connectivity index (χ0v) is 19.5. The molecule has 3 heterocycles. The van der Waals surface area contributed by atoms with Crippen LogP contribution in [0.4, 0.5) is 0 Å². The highest BCUT2D eigenvalue weighted by Gasteiger charge is 2.29. The smallest absolute Gasteiger partial charge is 0.266 e. The summed E-state index contributed by atoms with van der Waals surface area (Å²) in [5.41, 5.74) is 1.55. The van der Waals surface area contributed by atoms with Crippen LogP contribution in [0.3, 0.4) is 0 Å². The van der Waals surface area contributed by atoms with Gasteiger partial charge in [-0.3, -0.25) is 9.69 Å². The fraction of sp³-hybridized carbons (Fsp3) is 0.333. The van der Waals surface area contributed by atoms with Crippen LogP contribution in [-0.4, -0.2) is 73.3 Å². The Balaban J connectivity index is 1.20. The second-order valence-corrected chi connectivity index (χ2v) is 10.1. The third kappa shape index (κ3) is 4.70. The van der Waals surface area contributed by atoms with Crippen LogP contribution >= 0.6 is 0 Å². The molecule has 0 atom stereocenters. The highest BCUT2D eigenvalue weighted by Crippen LogP contribution is 2.33. The SMILES string of the molecule is O=c1ccc(-c2ccccc2)nn1CCN1CCN(S(=O)(=O)c2ccc3c(c2)OCCO3)CC1. The molecule has 0 aliphatic carbocycles. The normalized spacial score (nSPS) is 16.9. The molecule has 0 N–H and O–H groups in total. The summed E-state index contributed by atoms with van der Waals surface area (Å²) in [5, 5.41) is 4.51. The van der Waals surface area contributed by atoms with Gasteiger partial charge in [0.25, 0.3) is 5.56 Å². The first kappa shape index (κ1) is 22.6. The lowest BCUT2D eigenvalue weighted by Gasteiger charge is -2.34. The first-order chi connectivity index (χ1) is 16.5. The molecule has 0 bridgehead atoms.